The van der Waals surface area contributed by atoms with Gasteiger partial charge in [0.2, 0.25) is 0 Å². The van der Waals surface area contributed by atoms with Gasteiger partial charge in [-0.25, -0.2) is 0 Å². The minimum absolute atomic E-state index is 0.164. The van der Waals surface area contributed by atoms with Crippen LogP contribution < -0.4 is 4.74 Å². The fourth-order valence-corrected chi connectivity index (χ4v) is 5.11. The number of methoxy groups -OCH3 is 1. The predicted molar refractivity (Wildman–Crippen MR) is 81.4 cm³/mol. The number of likely N-dealkylation sites (N-methyl/N-ethyl adjacent to an activating group) is 1. The Balaban J connectivity index is 1.84. The highest BCUT2D eigenvalue weighted by Gasteiger charge is 2.53. The number of ether oxygens (including phenoxy) is 1. The number of fused-ring (bicyclic) bond motifs is 1. The summed E-state index contributed by atoms with van der Waals surface area (Å²) >= 11 is 0. The minimum atomic E-state index is -1.97. The number of benzene rings is 1. The van der Waals surface area contributed by atoms with Crippen LogP contribution in [0.1, 0.15) is 47.3 Å². The molecule has 2 bridgehead atoms. The Morgan fingerprint density at radius 3 is 3.15 bits per heavy atom. The number of piperidine rings is 1. The fourth-order valence-electron chi connectivity index (χ4n) is 5.11. The Morgan fingerprint density at radius 2 is 2.30 bits per heavy atom. The average molecular weight is 275 g/mol. The van der Waals surface area contributed by atoms with Gasteiger partial charge in [-0.15, -0.1) is 0 Å². The topological polar surface area (TPSA) is 12.5 Å². The zero-order chi connectivity index (χ0) is 16.2. The van der Waals surface area contributed by atoms with Crippen molar-refractivity contribution in [3.63, 3.8) is 0 Å². The molecule has 2 fully saturated rings. The Kier molecular flexibility index (Phi) is 2.21. The second-order valence-electron chi connectivity index (χ2n) is 6.75. The van der Waals surface area contributed by atoms with E-state index < -0.39 is 6.98 Å². The van der Waals surface area contributed by atoms with Gasteiger partial charge in [-0.1, -0.05) is 18.9 Å². The van der Waals surface area contributed by atoms with Gasteiger partial charge in [0.1, 0.15) is 5.75 Å². The van der Waals surface area contributed by atoms with Crippen LogP contribution >= 0.6 is 0 Å². The van der Waals surface area contributed by atoms with Gasteiger partial charge in [-0.2, -0.15) is 0 Å². The van der Waals surface area contributed by atoms with Gasteiger partial charge in [-0.3, -0.25) is 0 Å². The molecule has 1 aromatic rings. The highest BCUT2D eigenvalue weighted by molar-refractivity contribution is 5.45. The standard InChI is InChI=1S/C18H25NO/c1-19-10-9-18-8-4-3-5-15(18)17(19)11-13-6-7-14(20-2)12-16(13)18/h6-7,12,15,17H,3-5,8-11H2,1-2H3/t15-,17+,18?/m1/s1/i1+1D3. The van der Waals surface area contributed by atoms with Gasteiger partial charge in [-0.05, 0) is 68.4 Å². The molecule has 2 heteroatoms. The largest absolute Gasteiger partial charge is 0.497 e. The lowest BCUT2D eigenvalue weighted by Gasteiger charge is -2.58. The second-order valence-corrected chi connectivity index (χ2v) is 6.75. The molecule has 3 aliphatic rings. The molecule has 1 saturated carbocycles. The van der Waals surface area contributed by atoms with Crippen LogP contribution in [0.2, 0.25) is 0 Å². The quantitative estimate of drug-likeness (QED) is 0.729. The molecule has 1 heterocycles. The van der Waals surface area contributed by atoms with Crippen LogP contribution in [0.3, 0.4) is 0 Å². The van der Waals surface area contributed by atoms with Crippen molar-refractivity contribution in [3.8, 4) is 5.75 Å². The molecule has 1 unspecified atom stereocenters. The Bertz CT molecular complexity index is 615. The lowest BCUT2D eigenvalue weighted by atomic mass is 9.52. The molecule has 4 rings (SSSR count). The van der Waals surface area contributed by atoms with E-state index in [-0.39, 0.29) is 11.5 Å². The summed E-state index contributed by atoms with van der Waals surface area (Å²) in [6.45, 7) is -1.29. The van der Waals surface area contributed by atoms with E-state index in [1.807, 2.05) is 11.0 Å². The summed E-state index contributed by atoms with van der Waals surface area (Å²) in [5.74, 6) is 1.41. The van der Waals surface area contributed by atoms with E-state index in [1.54, 1.807) is 7.11 Å². The van der Waals surface area contributed by atoms with Gasteiger partial charge in [0.25, 0.3) is 0 Å². The van der Waals surface area contributed by atoms with Crippen molar-refractivity contribution in [2.24, 2.45) is 5.92 Å². The fraction of sp³-hybridized carbons (Fsp3) is 0.667. The SMILES string of the molecule is [2H][13C]([2H])([2H])N1CCC23CCCC[C@@H]2[C@@H]1Cc1ccc(OC)cc13. The van der Waals surface area contributed by atoms with Crippen molar-refractivity contribution in [1.82, 2.24) is 4.90 Å². The Hall–Kier alpha value is -1.02. The van der Waals surface area contributed by atoms with Crippen LogP contribution in [0.25, 0.3) is 0 Å². The van der Waals surface area contributed by atoms with Crippen molar-refractivity contribution in [1.29, 1.82) is 0 Å². The molecule has 3 atom stereocenters. The molecular weight excluding hydrogens is 247 g/mol. The average Bonchev–Trinajstić information content (AvgIpc) is 2.53. The molecule has 0 aromatic heterocycles. The van der Waals surface area contributed by atoms with Gasteiger partial charge in [0.05, 0.1) is 7.11 Å². The third-order valence-corrected chi connectivity index (χ3v) is 6.04. The number of likely N-dealkylation sites (tertiary alicyclic amines) is 1. The lowest BCUT2D eigenvalue weighted by molar-refractivity contribution is 0.00274. The van der Waals surface area contributed by atoms with Crippen LogP contribution in [-0.2, 0) is 11.8 Å². The zero-order valence-corrected chi connectivity index (χ0v) is 12.2. The van der Waals surface area contributed by atoms with Gasteiger partial charge < -0.3 is 9.64 Å². The lowest BCUT2D eigenvalue weighted by Crippen LogP contribution is -2.59. The number of rotatable bonds is 1. The van der Waals surface area contributed by atoms with E-state index in [2.05, 4.69) is 12.1 Å². The Labute approximate surface area is 126 Å². The van der Waals surface area contributed by atoms with Crippen molar-refractivity contribution in [2.75, 3.05) is 20.6 Å². The molecule has 1 aliphatic heterocycles. The summed E-state index contributed by atoms with van der Waals surface area (Å²) in [6, 6.07) is 6.58. The molecular formula is C18H25NO. The third kappa shape index (κ3) is 1.60. The van der Waals surface area contributed by atoms with Gasteiger partial charge in [0.15, 0.2) is 0 Å². The highest BCUT2D eigenvalue weighted by Crippen LogP contribution is 2.55. The smallest absolute Gasteiger partial charge is 0.119 e. The molecule has 0 radical (unpaired) electrons. The zero-order valence-electron chi connectivity index (χ0n) is 15.2. The minimum Gasteiger partial charge on any atom is -0.497 e. The third-order valence-electron chi connectivity index (χ3n) is 6.04. The van der Waals surface area contributed by atoms with Gasteiger partial charge >= 0.3 is 0 Å². The summed E-state index contributed by atoms with van der Waals surface area (Å²) in [5, 5.41) is 0. The van der Waals surface area contributed by atoms with E-state index in [0.717, 1.165) is 25.0 Å². The van der Waals surface area contributed by atoms with E-state index in [0.29, 0.717) is 12.5 Å². The molecule has 0 spiro atoms. The normalized spacial score (nSPS) is 39.0. The van der Waals surface area contributed by atoms with Crippen LogP contribution in [0.5, 0.6) is 5.75 Å². The van der Waals surface area contributed by atoms with E-state index in [1.165, 1.54) is 30.4 Å². The van der Waals surface area contributed by atoms with Gasteiger partial charge in [0, 0.05) is 15.6 Å². The van der Waals surface area contributed by atoms with Crippen LogP contribution in [0.15, 0.2) is 18.2 Å². The maximum absolute atomic E-state index is 7.94. The monoisotopic (exact) mass is 275 g/mol. The molecule has 20 heavy (non-hydrogen) atoms. The van der Waals surface area contributed by atoms with Crippen molar-refractivity contribution < 1.29 is 8.85 Å². The highest BCUT2D eigenvalue weighted by atomic mass is 16.5. The van der Waals surface area contributed by atoms with Crippen LogP contribution in [0.4, 0.5) is 0 Å². The predicted octanol–water partition coefficient (Wildman–Crippen LogP) is 3.38. The van der Waals surface area contributed by atoms with Crippen molar-refractivity contribution in [3.05, 3.63) is 29.3 Å². The first-order valence-electron chi connectivity index (χ1n) is 9.40. The maximum atomic E-state index is 7.94. The first kappa shape index (κ1) is 9.83. The second kappa shape index (κ2) is 4.49. The molecule has 2 nitrogen and oxygen atoms in total. The summed E-state index contributed by atoms with van der Waals surface area (Å²) in [5.41, 5.74) is 2.96. The summed E-state index contributed by atoms with van der Waals surface area (Å²) in [6.07, 6.45) is 6.68. The number of hydrogen-bond acceptors (Lipinski definition) is 2. The molecule has 1 saturated heterocycles. The summed E-state index contributed by atoms with van der Waals surface area (Å²) in [4.78, 5) is 1.81. The number of nitrogens with zero attached hydrogens (tertiary/aromatic N) is 1. The van der Waals surface area contributed by atoms with Crippen LogP contribution in [-0.4, -0.2) is 31.6 Å². The molecule has 108 valence electrons. The Morgan fingerprint density at radius 1 is 1.35 bits per heavy atom. The van der Waals surface area contributed by atoms with Crippen molar-refractivity contribution in [2.45, 2.75) is 50.0 Å². The number of hydrogen-bond donors (Lipinski definition) is 0. The molecule has 2 aliphatic carbocycles. The van der Waals surface area contributed by atoms with Crippen molar-refractivity contribution >= 4 is 0 Å². The van der Waals surface area contributed by atoms with E-state index in [9.17, 15) is 0 Å². The van der Waals surface area contributed by atoms with Crippen LogP contribution in [0, 0.1) is 5.92 Å². The molecule has 0 N–H and O–H groups in total. The first-order valence-corrected chi connectivity index (χ1v) is 7.90. The van der Waals surface area contributed by atoms with E-state index in [4.69, 9.17) is 8.85 Å². The first-order chi connectivity index (χ1) is 11.0. The molecule has 1 aromatic carbocycles. The summed E-state index contributed by atoms with van der Waals surface area (Å²) in [7, 11) is 1.72. The summed E-state index contributed by atoms with van der Waals surface area (Å²) < 4.78 is 29.3. The molecule has 0 amide bonds. The van der Waals surface area contributed by atoms with E-state index >= 15 is 0 Å². The maximum Gasteiger partial charge on any atom is 0.119 e.